The third kappa shape index (κ3) is 2.31. The highest BCUT2D eigenvalue weighted by Gasteiger charge is 2.07. The largest absolute Gasteiger partial charge is 0.496 e. The highest BCUT2D eigenvalue weighted by Crippen LogP contribution is 2.26. The molecule has 90 valence electrons. The lowest BCUT2D eigenvalue weighted by atomic mass is 10.1. The van der Waals surface area contributed by atoms with Crippen molar-refractivity contribution < 1.29 is 4.74 Å². The summed E-state index contributed by atoms with van der Waals surface area (Å²) in [5.41, 5.74) is 3.40. The Bertz CT molecular complexity index is 505. The highest BCUT2D eigenvalue weighted by molar-refractivity contribution is 5.62. The van der Waals surface area contributed by atoms with Crippen LogP contribution in [0.4, 0.5) is 0 Å². The van der Waals surface area contributed by atoms with Crippen molar-refractivity contribution in [2.45, 2.75) is 6.54 Å². The van der Waals surface area contributed by atoms with Crippen molar-refractivity contribution in [2.75, 3.05) is 14.2 Å². The number of aromatic nitrogens is 2. The number of methoxy groups -OCH3 is 1. The fourth-order valence-electron chi connectivity index (χ4n) is 1.92. The molecule has 1 aromatic carbocycles. The zero-order chi connectivity index (χ0) is 12.3. The van der Waals surface area contributed by atoms with Crippen LogP contribution in [0.25, 0.3) is 11.3 Å². The molecule has 0 amide bonds. The van der Waals surface area contributed by atoms with E-state index in [1.165, 1.54) is 0 Å². The summed E-state index contributed by atoms with van der Waals surface area (Å²) < 4.78 is 7.20. The molecule has 4 heteroatoms. The topological polar surface area (TPSA) is 39.1 Å². The first kappa shape index (κ1) is 11.7. The summed E-state index contributed by atoms with van der Waals surface area (Å²) in [5.74, 6) is 0.908. The Hall–Kier alpha value is -1.81. The maximum absolute atomic E-state index is 5.34. The average Bonchev–Trinajstić information content (AvgIpc) is 2.76. The van der Waals surface area contributed by atoms with E-state index in [-0.39, 0.29) is 0 Å². The van der Waals surface area contributed by atoms with Crippen molar-refractivity contribution in [3.8, 4) is 17.0 Å². The van der Waals surface area contributed by atoms with Gasteiger partial charge in [0.2, 0.25) is 0 Å². The van der Waals surface area contributed by atoms with E-state index < -0.39 is 0 Å². The van der Waals surface area contributed by atoms with E-state index in [9.17, 15) is 0 Å². The number of rotatable bonds is 4. The highest BCUT2D eigenvalue weighted by atomic mass is 16.5. The molecule has 1 heterocycles. The Morgan fingerprint density at radius 2 is 2.18 bits per heavy atom. The number of hydrogen-bond acceptors (Lipinski definition) is 3. The normalized spacial score (nSPS) is 10.5. The second kappa shape index (κ2) is 5.01. The van der Waals surface area contributed by atoms with Gasteiger partial charge < -0.3 is 10.1 Å². The minimum Gasteiger partial charge on any atom is -0.496 e. The zero-order valence-corrected chi connectivity index (χ0v) is 10.4. The van der Waals surface area contributed by atoms with Gasteiger partial charge in [-0.25, -0.2) is 0 Å². The van der Waals surface area contributed by atoms with Crippen molar-refractivity contribution in [1.29, 1.82) is 0 Å². The molecule has 0 aliphatic rings. The van der Waals surface area contributed by atoms with Crippen LogP contribution in [0, 0.1) is 0 Å². The molecule has 2 aromatic rings. The molecule has 2 rings (SSSR count). The van der Waals surface area contributed by atoms with E-state index in [4.69, 9.17) is 4.74 Å². The second-order valence-corrected chi connectivity index (χ2v) is 3.90. The lowest BCUT2D eigenvalue weighted by molar-refractivity contribution is 0.408. The summed E-state index contributed by atoms with van der Waals surface area (Å²) in [5, 5.41) is 7.32. The Morgan fingerprint density at radius 3 is 2.76 bits per heavy atom. The molecule has 17 heavy (non-hydrogen) atoms. The van der Waals surface area contributed by atoms with E-state index in [1.807, 2.05) is 30.9 Å². The maximum Gasteiger partial charge on any atom is 0.123 e. The molecule has 0 spiro atoms. The SMILES string of the molecule is CNCc1cc(-c2ccnn2C)ccc1OC. The summed E-state index contributed by atoms with van der Waals surface area (Å²) in [6.07, 6.45) is 1.80. The van der Waals surface area contributed by atoms with Crippen LogP contribution in [0.2, 0.25) is 0 Å². The first-order valence-corrected chi connectivity index (χ1v) is 5.56. The summed E-state index contributed by atoms with van der Waals surface area (Å²) in [4.78, 5) is 0. The zero-order valence-electron chi connectivity index (χ0n) is 10.4. The number of nitrogens with one attached hydrogen (secondary N) is 1. The van der Waals surface area contributed by atoms with Crippen LogP contribution in [0.1, 0.15) is 5.56 Å². The number of hydrogen-bond donors (Lipinski definition) is 1. The summed E-state index contributed by atoms with van der Waals surface area (Å²) in [6.45, 7) is 0.787. The van der Waals surface area contributed by atoms with Gasteiger partial charge in [0, 0.05) is 30.9 Å². The third-order valence-corrected chi connectivity index (χ3v) is 2.76. The lowest BCUT2D eigenvalue weighted by Gasteiger charge is -2.10. The second-order valence-electron chi connectivity index (χ2n) is 3.90. The van der Waals surface area contributed by atoms with Gasteiger partial charge in [0.05, 0.1) is 12.8 Å². The molecule has 0 atom stereocenters. The fourth-order valence-corrected chi connectivity index (χ4v) is 1.92. The molecular weight excluding hydrogens is 214 g/mol. The van der Waals surface area contributed by atoms with Gasteiger partial charge in [-0.1, -0.05) is 0 Å². The molecule has 0 saturated carbocycles. The van der Waals surface area contributed by atoms with Gasteiger partial charge in [-0.3, -0.25) is 4.68 Å². The van der Waals surface area contributed by atoms with Gasteiger partial charge >= 0.3 is 0 Å². The van der Waals surface area contributed by atoms with Crippen LogP contribution >= 0.6 is 0 Å². The number of ether oxygens (including phenoxy) is 1. The lowest BCUT2D eigenvalue weighted by Crippen LogP contribution is -2.07. The van der Waals surface area contributed by atoms with Crippen molar-refractivity contribution in [3.05, 3.63) is 36.0 Å². The Kier molecular flexibility index (Phi) is 3.44. The van der Waals surface area contributed by atoms with Crippen LogP contribution in [0.5, 0.6) is 5.75 Å². The monoisotopic (exact) mass is 231 g/mol. The van der Waals surface area contributed by atoms with Crippen molar-refractivity contribution in [2.24, 2.45) is 7.05 Å². The Balaban J connectivity index is 2.43. The van der Waals surface area contributed by atoms with Crippen molar-refractivity contribution >= 4 is 0 Å². The van der Waals surface area contributed by atoms with E-state index in [2.05, 4.69) is 22.5 Å². The van der Waals surface area contributed by atoms with Gasteiger partial charge in [-0.15, -0.1) is 0 Å². The summed E-state index contributed by atoms with van der Waals surface area (Å²) in [6, 6.07) is 8.18. The van der Waals surface area contributed by atoms with Crippen LogP contribution in [-0.2, 0) is 13.6 Å². The summed E-state index contributed by atoms with van der Waals surface area (Å²) >= 11 is 0. The maximum atomic E-state index is 5.34. The molecule has 0 radical (unpaired) electrons. The standard InChI is InChI=1S/C13H17N3O/c1-14-9-11-8-10(4-5-13(11)17-3)12-6-7-15-16(12)2/h4-8,14H,9H2,1-3H3. The molecule has 1 aromatic heterocycles. The molecule has 0 saturated heterocycles. The Labute approximate surface area is 101 Å². The smallest absolute Gasteiger partial charge is 0.123 e. The van der Waals surface area contributed by atoms with Crippen LogP contribution in [-0.4, -0.2) is 23.9 Å². The summed E-state index contributed by atoms with van der Waals surface area (Å²) in [7, 11) is 5.56. The molecule has 0 aliphatic heterocycles. The third-order valence-electron chi connectivity index (χ3n) is 2.76. The molecule has 0 aliphatic carbocycles. The van der Waals surface area contributed by atoms with E-state index >= 15 is 0 Å². The quantitative estimate of drug-likeness (QED) is 0.872. The minimum atomic E-state index is 0.787. The van der Waals surface area contributed by atoms with Gasteiger partial charge in [-0.05, 0) is 31.3 Å². The molecule has 0 fully saturated rings. The molecular formula is C13H17N3O. The minimum absolute atomic E-state index is 0.787. The fraction of sp³-hybridized carbons (Fsp3) is 0.308. The Morgan fingerprint density at radius 1 is 1.35 bits per heavy atom. The van der Waals surface area contributed by atoms with Gasteiger partial charge in [0.1, 0.15) is 5.75 Å². The van der Waals surface area contributed by atoms with Crippen LogP contribution < -0.4 is 10.1 Å². The first-order valence-electron chi connectivity index (χ1n) is 5.56. The number of aryl methyl sites for hydroxylation is 1. The van der Waals surface area contributed by atoms with Crippen molar-refractivity contribution in [1.82, 2.24) is 15.1 Å². The van der Waals surface area contributed by atoms with Gasteiger partial charge in [0.15, 0.2) is 0 Å². The van der Waals surface area contributed by atoms with E-state index in [1.54, 1.807) is 13.3 Å². The van der Waals surface area contributed by atoms with Gasteiger partial charge in [-0.2, -0.15) is 5.10 Å². The average molecular weight is 231 g/mol. The molecule has 0 unspecified atom stereocenters. The first-order chi connectivity index (χ1) is 8.26. The molecule has 0 bridgehead atoms. The van der Waals surface area contributed by atoms with E-state index in [0.29, 0.717) is 0 Å². The van der Waals surface area contributed by atoms with Crippen LogP contribution in [0.15, 0.2) is 30.5 Å². The number of benzene rings is 1. The molecule has 1 N–H and O–H groups in total. The predicted octanol–water partition coefficient (Wildman–Crippen LogP) is 1.82. The van der Waals surface area contributed by atoms with Crippen molar-refractivity contribution in [3.63, 3.8) is 0 Å². The van der Waals surface area contributed by atoms with Crippen LogP contribution in [0.3, 0.4) is 0 Å². The van der Waals surface area contributed by atoms with Gasteiger partial charge in [0.25, 0.3) is 0 Å². The molecule has 4 nitrogen and oxygen atoms in total. The van der Waals surface area contributed by atoms with E-state index in [0.717, 1.165) is 29.1 Å². The predicted molar refractivity (Wildman–Crippen MR) is 68.0 cm³/mol. The number of nitrogens with zero attached hydrogens (tertiary/aromatic N) is 2.